The van der Waals surface area contributed by atoms with Crippen molar-refractivity contribution in [1.82, 2.24) is 0 Å². The van der Waals surface area contributed by atoms with E-state index in [0.717, 1.165) is 43.2 Å². The third-order valence-corrected chi connectivity index (χ3v) is 3.96. The Hall–Kier alpha value is -0.830. The fourth-order valence-corrected chi connectivity index (χ4v) is 3.19. The molecular weight excluding hydrogens is 275 g/mol. The highest BCUT2D eigenvalue weighted by atomic mass is 31.2. The normalized spacial score (nSPS) is 11.7. The molecule has 0 aromatic heterocycles. The monoisotopic (exact) mass is 300 g/mol. The number of aryl methyl sites for hydroxylation is 1. The average molecular weight is 300 g/mol. The summed E-state index contributed by atoms with van der Waals surface area (Å²) in [6.45, 7) is 8.30. The Morgan fingerprint density at radius 2 is 1.60 bits per heavy atom. The van der Waals surface area contributed by atoms with E-state index in [-0.39, 0.29) is 0 Å². The molecule has 0 aliphatic heterocycles. The maximum atomic E-state index is 11.2. The van der Waals surface area contributed by atoms with E-state index < -0.39 is 7.82 Å². The zero-order valence-corrected chi connectivity index (χ0v) is 13.7. The minimum Gasteiger partial charge on any atom is -0.404 e. The molecule has 0 atom stereocenters. The molecule has 1 aromatic carbocycles. The van der Waals surface area contributed by atoms with Gasteiger partial charge in [-0.15, -0.1) is 0 Å². The van der Waals surface area contributed by atoms with Crippen LogP contribution in [0, 0.1) is 0 Å². The second-order valence-electron chi connectivity index (χ2n) is 4.86. The van der Waals surface area contributed by atoms with Crippen molar-refractivity contribution in [3.8, 4) is 5.75 Å². The van der Waals surface area contributed by atoms with Crippen molar-refractivity contribution >= 4 is 7.82 Å². The summed E-state index contributed by atoms with van der Waals surface area (Å²) in [5, 5.41) is 0. The predicted octanol–water partition coefficient (Wildman–Crippen LogP) is 3.80. The second-order valence-corrected chi connectivity index (χ2v) is 6.03. The van der Waals surface area contributed by atoms with Gasteiger partial charge in [-0.1, -0.05) is 34.1 Å². The van der Waals surface area contributed by atoms with Crippen LogP contribution in [-0.4, -0.2) is 9.79 Å². The number of hydrogen-bond donors (Lipinski definition) is 2. The molecule has 0 fully saturated rings. The van der Waals surface area contributed by atoms with E-state index in [1.165, 1.54) is 11.1 Å². The van der Waals surface area contributed by atoms with Crippen LogP contribution in [0.2, 0.25) is 0 Å². The van der Waals surface area contributed by atoms with Crippen LogP contribution >= 0.6 is 7.82 Å². The summed E-state index contributed by atoms with van der Waals surface area (Å²) in [4.78, 5) is 18.2. The highest BCUT2D eigenvalue weighted by Gasteiger charge is 2.22. The van der Waals surface area contributed by atoms with Gasteiger partial charge in [0.1, 0.15) is 5.75 Å². The summed E-state index contributed by atoms with van der Waals surface area (Å²) in [6.07, 6.45) is 4.30. The first-order valence-electron chi connectivity index (χ1n) is 7.29. The largest absolute Gasteiger partial charge is 0.524 e. The van der Waals surface area contributed by atoms with Gasteiger partial charge < -0.3 is 4.52 Å². The van der Waals surface area contributed by atoms with E-state index in [9.17, 15) is 4.57 Å². The molecule has 0 aliphatic rings. The summed E-state index contributed by atoms with van der Waals surface area (Å²) in [5.41, 5.74) is 4.56. The Morgan fingerprint density at radius 3 is 2.00 bits per heavy atom. The summed E-state index contributed by atoms with van der Waals surface area (Å²) >= 11 is 0. The average Bonchev–Trinajstić information content (AvgIpc) is 2.38. The number of phosphoric ester groups is 1. The van der Waals surface area contributed by atoms with Gasteiger partial charge in [0, 0.05) is 0 Å². The summed E-state index contributed by atoms with van der Waals surface area (Å²) < 4.78 is 16.1. The van der Waals surface area contributed by atoms with E-state index in [4.69, 9.17) is 14.3 Å². The Morgan fingerprint density at radius 1 is 1.00 bits per heavy atom. The number of phosphoric acid groups is 1. The van der Waals surface area contributed by atoms with Crippen molar-refractivity contribution in [2.75, 3.05) is 0 Å². The highest BCUT2D eigenvalue weighted by molar-refractivity contribution is 7.46. The van der Waals surface area contributed by atoms with Crippen molar-refractivity contribution in [3.05, 3.63) is 28.3 Å². The van der Waals surface area contributed by atoms with Crippen LogP contribution in [0.15, 0.2) is 6.07 Å². The minimum atomic E-state index is -4.52. The third kappa shape index (κ3) is 4.08. The fraction of sp³-hybridized carbons (Fsp3) is 0.600. The van der Waals surface area contributed by atoms with Gasteiger partial charge in [-0.3, -0.25) is 9.79 Å². The topological polar surface area (TPSA) is 66.8 Å². The minimum absolute atomic E-state index is 0.353. The first kappa shape index (κ1) is 17.2. The maximum absolute atomic E-state index is 11.2. The number of rotatable bonds is 7. The molecule has 0 unspecified atom stereocenters. The quantitative estimate of drug-likeness (QED) is 0.752. The predicted molar refractivity (Wildman–Crippen MR) is 81.2 cm³/mol. The van der Waals surface area contributed by atoms with Crippen LogP contribution in [0.3, 0.4) is 0 Å². The van der Waals surface area contributed by atoms with Gasteiger partial charge in [0.15, 0.2) is 0 Å². The molecule has 0 saturated carbocycles. The highest BCUT2D eigenvalue weighted by Crippen LogP contribution is 2.42. The first-order valence-corrected chi connectivity index (χ1v) is 8.82. The second kappa shape index (κ2) is 7.26. The molecule has 4 nitrogen and oxygen atoms in total. The maximum Gasteiger partial charge on any atom is 0.524 e. The van der Waals surface area contributed by atoms with Crippen LogP contribution in [0.1, 0.15) is 56.4 Å². The molecule has 0 spiro atoms. The summed E-state index contributed by atoms with van der Waals surface area (Å²) in [6, 6.07) is 1.81. The molecule has 0 saturated heterocycles. The Balaban J connectivity index is 3.51. The Kier molecular flexibility index (Phi) is 6.25. The van der Waals surface area contributed by atoms with Crippen LogP contribution < -0.4 is 4.52 Å². The Bertz CT molecular complexity index is 505. The van der Waals surface area contributed by atoms with E-state index >= 15 is 0 Å². The Labute approximate surface area is 121 Å². The molecule has 0 amide bonds. The number of benzene rings is 1. The lowest BCUT2D eigenvalue weighted by Crippen LogP contribution is -2.06. The third-order valence-electron chi connectivity index (χ3n) is 3.52. The van der Waals surface area contributed by atoms with Crippen LogP contribution in [0.4, 0.5) is 0 Å². The van der Waals surface area contributed by atoms with Crippen molar-refractivity contribution in [1.29, 1.82) is 0 Å². The van der Waals surface area contributed by atoms with Gasteiger partial charge in [-0.25, -0.2) is 4.57 Å². The zero-order valence-electron chi connectivity index (χ0n) is 12.8. The molecule has 114 valence electrons. The first-order chi connectivity index (χ1) is 9.37. The smallest absolute Gasteiger partial charge is 0.404 e. The lowest BCUT2D eigenvalue weighted by molar-refractivity contribution is 0.282. The molecule has 5 heteroatoms. The molecule has 2 N–H and O–H groups in total. The molecule has 0 heterocycles. The van der Waals surface area contributed by atoms with Gasteiger partial charge in [-0.2, -0.15) is 0 Å². The molecular formula is C15H25O4P. The van der Waals surface area contributed by atoms with Crippen molar-refractivity contribution in [2.24, 2.45) is 0 Å². The molecule has 1 rings (SSSR count). The van der Waals surface area contributed by atoms with E-state index in [0.29, 0.717) is 5.75 Å². The van der Waals surface area contributed by atoms with Crippen molar-refractivity contribution in [3.63, 3.8) is 0 Å². The van der Waals surface area contributed by atoms with E-state index in [1.807, 2.05) is 6.07 Å². The zero-order chi connectivity index (χ0) is 15.3. The van der Waals surface area contributed by atoms with Gasteiger partial charge in [0.25, 0.3) is 0 Å². The number of hydrogen-bond acceptors (Lipinski definition) is 2. The van der Waals surface area contributed by atoms with Gasteiger partial charge in [-0.05, 0) is 54.0 Å². The van der Waals surface area contributed by atoms with E-state index in [1.54, 1.807) is 0 Å². The molecule has 1 aromatic rings. The standard InChI is InChI=1S/C15H25O4P/c1-5-9-14-13(8-4)12(7-3)11(6-2)10-15(14)19-20(16,17)18/h10H,5-9H2,1-4H3,(H2,16,17,18). The van der Waals surface area contributed by atoms with Crippen LogP contribution in [-0.2, 0) is 30.2 Å². The fourth-order valence-electron chi connectivity index (χ4n) is 2.77. The van der Waals surface area contributed by atoms with E-state index in [2.05, 4.69) is 27.7 Å². The lowest BCUT2D eigenvalue weighted by Gasteiger charge is -2.21. The molecule has 0 bridgehead atoms. The van der Waals surface area contributed by atoms with Gasteiger partial charge in [0.05, 0.1) is 0 Å². The van der Waals surface area contributed by atoms with Crippen LogP contribution in [0.5, 0.6) is 5.75 Å². The van der Waals surface area contributed by atoms with Crippen molar-refractivity contribution in [2.45, 2.75) is 59.8 Å². The lowest BCUT2D eigenvalue weighted by atomic mass is 9.89. The summed E-state index contributed by atoms with van der Waals surface area (Å²) in [5.74, 6) is 0.353. The summed E-state index contributed by atoms with van der Waals surface area (Å²) in [7, 11) is -4.52. The van der Waals surface area contributed by atoms with Crippen molar-refractivity contribution < 1.29 is 18.9 Å². The van der Waals surface area contributed by atoms with Crippen LogP contribution in [0.25, 0.3) is 0 Å². The molecule has 0 radical (unpaired) electrons. The SMILES string of the molecule is CCCc1c(OP(=O)(O)O)cc(CC)c(CC)c1CC. The molecule has 20 heavy (non-hydrogen) atoms. The van der Waals surface area contributed by atoms with Gasteiger partial charge >= 0.3 is 7.82 Å². The van der Waals surface area contributed by atoms with Gasteiger partial charge in [0.2, 0.25) is 0 Å². The molecule has 0 aliphatic carbocycles.